The molecule has 1 heterocycles. The molecule has 140 valence electrons. The summed E-state index contributed by atoms with van der Waals surface area (Å²) in [5.74, 6) is 0.198. The number of methoxy groups -OCH3 is 1. The Bertz CT molecular complexity index is 1020. The number of hydrogen-bond acceptors (Lipinski definition) is 4. The molecule has 0 unspecified atom stereocenters. The average molecular weight is 404 g/mol. The summed E-state index contributed by atoms with van der Waals surface area (Å²) in [5, 5.41) is 4.89. The van der Waals surface area contributed by atoms with Crippen molar-refractivity contribution in [2.24, 2.45) is 5.73 Å². The monoisotopic (exact) mass is 403 g/mol. The topological polar surface area (TPSA) is 77.2 Å². The Labute approximate surface area is 167 Å². The zero-order chi connectivity index (χ0) is 19.6. The van der Waals surface area contributed by atoms with Crippen molar-refractivity contribution in [1.82, 2.24) is 4.98 Å². The smallest absolute Gasteiger partial charge is 0.252 e. The van der Waals surface area contributed by atoms with Crippen LogP contribution < -0.4 is 15.8 Å². The lowest BCUT2D eigenvalue weighted by atomic mass is 10.0. The van der Waals surface area contributed by atoms with Crippen LogP contribution in [0, 0.1) is 0 Å². The van der Waals surface area contributed by atoms with Crippen LogP contribution in [0.25, 0.3) is 10.9 Å². The molecule has 0 bridgehead atoms. The van der Waals surface area contributed by atoms with E-state index in [1.54, 1.807) is 25.3 Å². The highest BCUT2D eigenvalue weighted by Crippen LogP contribution is 2.35. The molecule has 0 aliphatic rings. The summed E-state index contributed by atoms with van der Waals surface area (Å²) >= 11 is 12.1. The largest absolute Gasteiger partial charge is 0.496 e. The van der Waals surface area contributed by atoms with Crippen molar-refractivity contribution in [3.05, 3.63) is 57.7 Å². The molecule has 1 aromatic heterocycles. The summed E-state index contributed by atoms with van der Waals surface area (Å²) in [6.45, 7) is 2.09. The standard InChI is InChI=1S/C20H19Cl2N3O2/c1-3-4-11-7-13-17(9-18(11)27-2)24-10-14(20(23)26)19(13)25-12-5-6-15(21)16(22)8-12/h5-10H,3-4H2,1-2H3,(H2,23,26)(H,24,25). The van der Waals surface area contributed by atoms with Gasteiger partial charge in [-0.05, 0) is 36.2 Å². The molecule has 7 heteroatoms. The molecule has 3 aromatic rings. The molecule has 3 rings (SSSR count). The Kier molecular flexibility index (Phi) is 5.73. The second-order valence-corrected chi connectivity index (χ2v) is 6.91. The van der Waals surface area contributed by atoms with Crippen LogP contribution in [0.5, 0.6) is 5.75 Å². The summed E-state index contributed by atoms with van der Waals surface area (Å²) < 4.78 is 5.49. The average Bonchev–Trinajstić information content (AvgIpc) is 2.64. The molecule has 0 atom stereocenters. The number of amides is 1. The van der Waals surface area contributed by atoms with Crippen molar-refractivity contribution in [3.63, 3.8) is 0 Å². The van der Waals surface area contributed by atoms with Gasteiger partial charge in [-0.15, -0.1) is 0 Å². The van der Waals surface area contributed by atoms with E-state index < -0.39 is 5.91 Å². The predicted octanol–water partition coefficient (Wildman–Crippen LogP) is 5.35. The molecule has 0 radical (unpaired) electrons. The molecule has 0 aliphatic carbocycles. The molecule has 3 N–H and O–H groups in total. The minimum Gasteiger partial charge on any atom is -0.496 e. The third-order valence-corrected chi connectivity index (χ3v) is 4.98. The highest BCUT2D eigenvalue weighted by Gasteiger charge is 2.16. The second-order valence-electron chi connectivity index (χ2n) is 6.10. The third-order valence-electron chi connectivity index (χ3n) is 4.24. The van der Waals surface area contributed by atoms with Gasteiger partial charge in [0.25, 0.3) is 5.91 Å². The number of nitrogens with zero attached hydrogens (tertiary/aromatic N) is 1. The van der Waals surface area contributed by atoms with Gasteiger partial charge in [-0.2, -0.15) is 0 Å². The summed E-state index contributed by atoms with van der Waals surface area (Å²) in [6, 6.07) is 9.01. The van der Waals surface area contributed by atoms with Crippen molar-refractivity contribution < 1.29 is 9.53 Å². The molecule has 0 fully saturated rings. The fraction of sp³-hybridized carbons (Fsp3) is 0.200. The van der Waals surface area contributed by atoms with Gasteiger partial charge < -0.3 is 15.8 Å². The lowest BCUT2D eigenvalue weighted by molar-refractivity contribution is 0.100. The van der Waals surface area contributed by atoms with E-state index in [2.05, 4.69) is 17.2 Å². The maximum absolute atomic E-state index is 12.0. The number of anilines is 2. The van der Waals surface area contributed by atoms with E-state index in [1.807, 2.05) is 12.1 Å². The number of ether oxygens (including phenoxy) is 1. The van der Waals surface area contributed by atoms with Crippen LogP contribution in [0.3, 0.4) is 0 Å². The lowest BCUT2D eigenvalue weighted by Crippen LogP contribution is -2.14. The van der Waals surface area contributed by atoms with Gasteiger partial charge in [-0.1, -0.05) is 36.5 Å². The van der Waals surface area contributed by atoms with Crippen LogP contribution in [0.15, 0.2) is 36.5 Å². The summed E-state index contributed by atoms with van der Waals surface area (Å²) in [4.78, 5) is 16.4. The minimum absolute atomic E-state index is 0.293. The number of nitrogens with one attached hydrogen (secondary N) is 1. The number of aryl methyl sites for hydroxylation is 1. The molecular formula is C20H19Cl2N3O2. The summed E-state index contributed by atoms with van der Waals surface area (Å²) in [6.07, 6.45) is 3.26. The van der Waals surface area contributed by atoms with Crippen molar-refractivity contribution in [2.75, 3.05) is 12.4 Å². The normalized spacial score (nSPS) is 10.8. The first-order valence-corrected chi connectivity index (χ1v) is 9.21. The number of rotatable bonds is 6. The summed E-state index contributed by atoms with van der Waals surface area (Å²) in [7, 11) is 1.63. The Morgan fingerprint density at radius 2 is 2.00 bits per heavy atom. The van der Waals surface area contributed by atoms with Gasteiger partial charge in [-0.25, -0.2) is 0 Å². The van der Waals surface area contributed by atoms with Crippen LogP contribution in [0.2, 0.25) is 10.0 Å². The zero-order valence-corrected chi connectivity index (χ0v) is 16.5. The van der Waals surface area contributed by atoms with Crippen molar-refractivity contribution in [3.8, 4) is 5.75 Å². The number of carbonyl (C=O) groups excluding carboxylic acids is 1. The zero-order valence-electron chi connectivity index (χ0n) is 15.0. The van der Waals surface area contributed by atoms with Gasteiger partial charge in [0.1, 0.15) is 5.75 Å². The second kappa shape index (κ2) is 8.03. The molecule has 0 saturated heterocycles. The van der Waals surface area contributed by atoms with Crippen LogP contribution in [0.4, 0.5) is 11.4 Å². The highest BCUT2D eigenvalue weighted by molar-refractivity contribution is 6.42. The first-order valence-electron chi connectivity index (χ1n) is 8.46. The lowest BCUT2D eigenvalue weighted by Gasteiger charge is -2.16. The first-order chi connectivity index (χ1) is 12.9. The van der Waals surface area contributed by atoms with Gasteiger partial charge in [0.2, 0.25) is 0 Å². The number of aromatic nitrogens is 1. The Morgan fingerprint density at radius 3 is 2.63 bits per heavy atom. The van der Waals surface area contributed by atoms with E-state index >= 15 is 0 Å². The minimum atomic E-state index is -0.570. The van der Waals surface area contributed by atoms with Crippen LogP contribution in [0.1, 0.15) is 29.3 Å². The molecule has 0 aliphatic heterocycles. The van der Waals surface area contributed by atoms with E-state index in [0.29, 0.717) is 32.5 Å². The van der Waals surface area contributed by atoms with Crippen LogP contribution >= 0.6 is 23.2 Å². The first kappa shape index (κ1) is 19.3. The van der Waals surface area contributed by atoms with Gasteiger partial charge in [0.05, 0.1) is 33.9 Å². The van der Waals surface area contributed by atoms with Crippen molar-refractivity contribution >= 4 is 51.4 Å². The molecule has 0 spiro atoms. The number of halogens is 2. The van der Waals surface area contributed by atoms with Crippen molar-refractivity contribution in [2.45, 2.75) is 19.8 Å². The number of fused-ring (bicyclic) bond motifs is 1. The van der Waals surface area contributed by atoms with Crippen LogP contribution in [-0.4, -0.2) is 18.0 Å². The number of nitrogens with two attached hydrogens (primary N) is 1. The Balaban J connectivity index is 2.22. The van der Waals surface area contributed by atoms with Crippen LogP contribution in [-0.2, 0) is 6.42 Å². The highest BCUT2D eigenvalue weighted by atomic mass is 35.5. The molecule has 27 heavy (non-hydrogen) atoms. The SMILES string of the molecule is CCCc1cc2c(Nc3ccc(Cl)c(Cl)c3)c(C(N)=O)cnc2cc1OC. The molecule has 0 saturated carbocycles. The van der Waals surface area contributed by atoms with Gasteiger partial charge in [0.15, 0.2) is 0 Å². The number of benzene rings is 2. The molecule has 5 nitrogen and oxygen atoms in total. The number of pyridine rings is 1. The van der Waals surface area contributed by atoms with Gasteiger partial charge >= 0.3 is 0 Å². The quantitative estimate of drug-likeness (QED) is 0.581. The molecular weight excluding hydrogens is 385 g/mol. The molecule has 1 amide bonds. The number of primary amides is 1. The Morgan fingerprint density at radius 1 is 1.22 bits per heavy atom. The van der Waals surface area contributed by atoms with E-state index in [1.165, 1.54) is 6.20 Å². The summed E-state index contributed by atoms with van der Waals surface area (Å²) in [5.41, 5.74) is 8.86. The number of carbonyl (C=O) groups is 1. The third kappa shape index (κ3) is 3.94. The van der Waals surface area contributed by atoms with Gasteiger partial charge in [-0.3, -0.25) is 9.78 Å². The number of hydrogen-bond donors (Lipinski definition) is 2. The maximum Gasteiger partial charge on any atom is 0.252 e. The fourth-order valence-electron chi connectivity index (χ4n) is 2.96. The van der Waals surface area contributed by atoms with Gasteiger partial charge in [0, 0.05) is 23.3 Å². The van der Waals surface area contributed by atoms with E-state index in [-0.39, 0.29) is 0 Å². The van der Waals surface area contributed by atoms with E-state index in [4.69, 9.17) is 33.7 Å². The van der Waals surface area contributed by atoms with Crippen molar-refractivity contribution in [1.29, 1.82) is 0 Å². The van der Waals surface area contributed by atoms with E-state index in [9.17, 15) is 4.79 Å². The predicted molar refractivity (Wildman–Crippen MR) is 111 cm³/mol. The molecule has 2 aromatic carbocycles. The fourth-order valence-corrected chi connectivity index (χ4v) is 3.26. The maximum atomic E-state index is 12.0. The van der Waals surface area contributed by atoms with E-state index in [0.717, 1.165) is 29.5 Å². The Hall–Kier alpha value is -2.50.